The van der Waals surface area contributed by atoms with Crippen LogP contribution in [0.5, 0.6) is 0 Å². The van der Waals surface area contributed by atoms with E-state index in [0.717, 1.165) is 35.7 Å². The fourth-order valence-corrected chi connectivity index (χ4v) is 3.78. The molecule has 4 N–H and O–H groups in total. The quantitative estimate of drug-likeness (QED) is 0.373. The molecule has 17 heavy (non-hydrogen) atoms. The first-order valence-corrected chi connectivity index (χ1v) is 6.71. The number of hydrogen-bond acceptors (Lipinski definition) is 5. The van der Waals surface area contributed by atoms with E-state index in [0.29, 0.717) is 5.69 Å². The van der Waals surface area contributed by atoms with Gasteiger partial charge >= 0.3 is 0 Å². The lowest BCUT2D eigenvalue weighted by Crippen LogP contribution is -1.87. The van der Waals surface area contributed by atoms with Crippen molar-refractivity contribution in [2.75, 3.05) is 11.5 Å². The van der Waals surface area contributed by atoms with Gasteiger partial charge in [0.05, 0.1) is 0 Å². The lowest BCUT2D eigenvalue weighted by atomic mass is 10.1. The summed E-state index contributed by atoms with van der Waals surface area (Å²) in [6, 6.07) is 7.84. The molecule has 0 aliphatic rings. The SMILES string of the molecule is Nc1ccc2c(c1)sc1cc(N)c(S)c(S)c12. The molecule has 3 rings (SSSR count). The van der Waals surface area contributed by atoms with Gasteiger partial charge in [-0.05, 0) is 18.2 Å². The van der Waals surface area contributed by atoms with Crippen molar-refractivity contribution in [1.29, 1.82) is 0 Å². The summed E-state index contributed by atoms with van der Waals surface area (Å²) in [5.41, 5.74) is 13.1. The Morgan fingerprint density at radius 2 is 1.71 bits per heavy atom. The highest BCUT2D eigenvalue weighted by molar-refractivity contribution is 7.84. The molecule has 0 fully saturated rings. The Morgan fingerprint density at radius 1 is 0.941 bits per heavy atom. The largest absolute Gasteiger partial charge is 0.399 e. The minimum Gasteiger partial charge on any atom is -0.399 e. The lowest BCUT2D eigenvalue weighted by Gasteiger charge is -2.04. The third-order valence-corrected chi connectivity index (χ3v) is 4.97. The molecular formula is C12H10N2S3. The number of anilines is 2. The topological polar surface area (TPSA) is 52.0 Å². The van der Waals surface area contributed by atoms with Crippen LogP contribution in [0.4, 0.5) is 11.4 Å². The molecule has 0 unspecified atom stereocenters. The number of rotatable bonds is 0. The van der Waals surface area contributed by atoms with Crippen LogP contribution >= 0.6 is 36.6 Å². The second-order valence-corrected chi connectivity index (χ2v) is 5.87. The molecule has 2 nitrogen and oxygen atoms in total. The number of nitrogens with two attached hydrogens (primary N) is 2. The maximum atomic E-state index is 5.90. The van der Waals surface area contributed by atoms with Crippen molar-refractivity contribution in [3.8, 4) is 0 Å². The van der Waals surface area contributed by atoms with Gasteiger partial charge in [0.25, 0.3) is 0 Å². The van der Waals surface area contributed by atoms with E-state index in [2.05, 4.69) is 25.3 Å². The fraction of sp³-hybridized carbons (Fsp3) is 0. The lowest BCUT2D eigenvalue weighted by molar-refractivity contribution is 1.34. The molecule has 0 saturated carbocycles. The first-order chi connectivity index (χ1) is 8.08. The van der Waals surface area contributed by atoms with Crippen molar-refractivity contribution >= 4 is 68.1 Å². The first-order valence-electron chi connectivity index (χ1n) is 5.00. The molecule has 5 heteroatoms. The van der Waals surface area contributed by atoms with Crippen molar-refractivity contribution in [3.05, 3.63) is 24.3 Å². The van der Waals surface area contributed by atoms with Crippen LogP contribution in [0.2, 0.25) is 0 Å². The van der Waals surface area contributed by atoms with E-state index in [9.17, 15) is 0 Å². The van der Waals surface area contributed by atoms with Crippen molar-refractivity contribution in [3.63, 3.8) is 0 Å². The van der Waals surface area contributed by atoms with Gasteiger partial charge in [-0.25, -0.2) is 0 Å². The number of fused-ring (bicyclic) bond motifs is 3. The summed E-state index contributed by atoms with van der Waals surface area (Å²) < 4.78 is 2.26. The predicted octanol–water partition coefficient (Wildman–Crippen LogP) is 3.80. The molecule has 0 aliphatic heterocycles. The van der Waals surface area contributed by atoms with Crippen LogP contribution in [0.25, 0.3) is 20.2 Å². The van der Waals surface area contributed by atoms with Crippen LogP contribution in [0.15, 0.2) is 34.1 Å². The first kappa shape index (κ1) is 11.1. The van der Waals surface area contributed by atoms with Gasteiger partial charge in [0.1, 0.15) is 0 Å². The molecule has 0 spiro atoms. The minimum absolute atomic E-state index is 0.658. The maximum Gasteiger partial charge on any atom is 0.0475 e. The van der Waals surface area contributed by atoms with E-state index in [1.807, 2.05) is 24.3 Å². The highest BCUT2D eigenvalue weighted by Gasteiger charge is 2.12. The Balaban J connectivity index is 2.57. The number of thiophene rings is 1. The van der Waals surface area contributed by atoms with Crippen LogP contribution in [0.1, 0.15) is 0 Å². The van der Waals surface area contributed by atoms with Gasteiger partial charge in [-0.2, -0.15) is 0 Å². The molecule has 0 atom stereocenters. The standard InChI is InChI=1S/C12H10N2S3/c13-5-1-2-6-8(3-5)17-9-4-7(14)11(15)12(16)10(6)9/h1-4,15-16H,13-14H2. The summed E-state index contributed by atoms with van der Waals surface area (Å²) in [5, 5.41) is 2.26. The van der Waals surface area contributed by atoms with Crippen molar-refractivity contribution in [2.45, 2.75) is 9.79 Å². The van der Waals surface area contributed by atoms with E-state index in [4.69, 9.17) is 11.5 Å². The smallest absolute Gasteiger partial charge is 0.0475 e. The van der Waals surface area contributed by atoms with E-state index < -0.39 is 0 Å². The summed E-state index contributed by atoms with van der Waals surface area (Å²) in [6.45, 7) is 0. The number of benzene rings is 2. The van der Waals surface area contributed by atoms with Crippen LogP contribution in [0.3, 0.4) is 0 Å². The van der Waals surface area contributed by atoms with Crippen molar-refractivity contribution < 1.29 is 0 Å². The van der Waals surface area contributed by atoms with Gasteiger partial charge in [-0.1, -0.05) is 6.07 Å². The zero-order valence-electron chi connectivity index (χ0n) is 8.77. The van der Waals surface area contributed by atoms with Crippen molar-refractivity contribution in [1.82, 2.24) is 0 Å². The fourth-order valence-electron chi connectivity index (χ4n) is 1.94. The third kappa shape index (κ3) is 1.57. The van der Waals surface area contributed by atoms with Gasteiger partial charge < -0.3 is 11.5 Å². The molecule has 0 amide bonds. The van der Waals surface area contributed by atoms with Crippen molar-refractivity contribution in [2.24, 2.45) is 0 Å². The Morgan fingerprint density at radius 3 is 2.47 bits per heavy atom. The van der Waals surface area contributed by atoms with Gasteiger partial charge in [-0.15, -0.1) is 36.6 Å². The van der Waals surface area contributed by atoms with E-state index in [1.165, 1.54) is 0 Å². The van der Waals surface area contributed by atoms with Crippen LogP contribution in [0, 0.1) is 0 Å². The zero-order valence-corrected chi connectivity index (χ0v) is 11.4. The van der Waals surface area contributed by atoms with E-state index in [-0.39, 0.29) is 0 Å². The molecular weight excluding hydrogens is 268 g/mol. The monoisotopic (exact) mass is 278 g/mol. The molecule has 3 aromatic rings. The average Bonchev–Trinajstić information content (AvgIpc) is 2.63. The van der Waals surface area contributed by atoms with E-state index in [1.54, 1.807) is 11.3 Å². The highest BCUT2D eigenvalue weighted by Crippen LogP contribution is 2.42. The average molecular weight is 278 g/mol. The number of thiol groups is 2. The van der Waals surface area contributed by atoms with Crippen LogP contribution in [-0.2, 0) is 0 Å². The summed E-state index contributed by atoms with van der Waals surface area (Å²) in [7, 11) is 0. The third-order valence-electron chi connectivity index (χ3n) is 2.76. The van der Waals surface area contributed by atoms with Gasteiger partial charge in [0, 0.05) is 41.3 Å². The Hall–Kier alpha value is -1.04. The predicted molar refractivity (Wildman–Crippen MR) is 82.7 cm³/mol. The zero-order chi connectivity index (χ0) is 12.2. The summed E-state index contributed by atoms with van der Waals surface area (Å²) >= 11 is 10.6. The number of hydrogen-bond donors (Lipinski definition) is 4. The summed E-state index contributed by atoms with van der Waals surface area (Å²) in [4.78, 5) is 1.57. The number of nitrogen functional groups attached to an aromatic ring is 2. The molecule has 0 aliphatic carbocycles. The van der Waals surface area contributed by atoms with Crippen LogP contribution in [-0.4, -0.2) is 0 Å². The Labute approximate surface area is 113 Å². The summed E-state index contributed by atoms with van der Waals surface area (Å²) in [6.07, 6.45) is 0. The second kappa shape index (κ2) is 3.73. The second-order valence-electron chi connectivity index (χ2n) is 3.89. The highest BCUT2D eigenvalue weighted by atomic mass is 32.1. The molecule has 0 saturated heterocycles. The molecule has 0 bridgehead atoms. The van der Waals surface area contributed by atoms with E-state index >= 15 is 0 Å². The minimum atomic E-state index is 0.658. The normalized spacial score (nSPS) is 11.4. The van der Waals surface area contributed by atoms with Crippen LogP contribution < -0.4 is 11.5 Å². The Bertz CT molecular complexity index is 746. The molecule has 1 heterocycles. The Kier molecular flexibility index (Phi) is 2.43. The van der Waals surface area contributed by atoms with Gasteiger partial charge in [-0.3, -0.25) is 0 Å². The summed E-state index contributed by atoms with van der Waals surface area (Å²) in [5.74, 6) is 0. The maximum absolute atomic E-state index is 5.90. The molecule has 86 valence electrons. The molecule has 2 aromatic carbocycles. The van der Waals surface area contributed by atoms with Gasteiger partial charge in [0.2, 0.25) is 0 Å². The van der Waals surface area contributed by atoms with Gasteiger partial charge in [0.15, 0.2) is 0 Å². The molecule has 0 radical (unpaired) electrons. The molecule has 1 aromatic heterocycles.